The molecule has 0 saturated carbocycles. The van der Waals surface area contributed by atoms with Gasteiger partial charge < -0.3 is 5.32 Å². The van der Waals surface area contributed by atoms with Crippen molar-refractivity contribution in [3.05, 3.63) is 114 Å². The molecule has 1 amide bonds. The van der Waals surface area contributed by atoms with Crippen LogP contribution >= 0.6 is 0 Å². The number of anilines is 3. The molecule has 0 radical (unpaired) electrons. The smallest absolute Gasteiger partial charge is 0.264 e. The molecule has 0 heterocycles. The maximum Gasteiger partial charge on any atom is 0.264 e. The van der Waals surface area contributed by atoms with Crippen LogP contribution in [0.3, 0.4) is 0 Å². The highest BCUT2D eigenvalue weighted by atomic mass is 32.2. The number of amides is 1. The predicted molar refractivity (Wildman–Crippen MR) is 149 cm³/mol. The molecule has 0 unspecified atom stereocenters. The number of aryl methyl sites for hydroxylation is 2. The summed E-state index contributed by atoms with van der Waals surface area (Å²) in [4.78, 5) is 12.9. The van der Waals surface area contributed by atoms with E-state index in [4.69, 9.17) is 0 Å². The molecule has 4 aromatic rings. The standard InChI is InChI=1S/C28H26FN3O5S2/c1-20-8-17-27(21(2)18-20)31-38(34,35)25-15-11-23(12-16-25)30-28(33)19-32(24-13-9-22(29)10-14-24)39(36,37)26-6-4-3-5-7-26/h3-18,31H,19H2,1-2H3,(H,30,33). The Bertz CT molecular complexity index is 1690. The number of carbonyl (C=O) groups excluding carboxylic acids is 1. The highest BCUT2D eigenvalue weighted by Gasteiger charge is 2.27. The van der Waals surface area contributed by atoms with E-state index in [1.54, 1.807) is 37.3 Å². The van der Waals surface area contributed by atoms with Crippen molar-refractivity contribution in [2.75, 3.05) is 20.9 Å². The van der Waals surface area contributed by atoms with E-state index < -0.39 is 38.3 Å². The van der Waals surface area contributed by atoms with Crippen molar-refractivity contribution in [1.82, 2.24) is 0 Å². The van der Waals surface area contributed by atoms with E-state index in [9.17, 15) is 26.0 Å². The second-order valence-corrected chi connectivity index (χ2v) is 12.3. The van der Waals surface area contributed by atoms with E-state index in [0.29, 0.717) is 5.69 Å². The number of sulfonamides is 2. The third-order valence-corrected chi connectivity index (χ3v) is 8.98. The van der Waals surface area contributed by atoms with Gasteiger partial charge in [-0.15, -0.1) is 0 Å². The minimum atomic E-state index is -4.15. The van der Waals surface area contributed by atoms with Gasteiger partial charge in [0.15, 0.2) is 0 Å². The molecule has 202 valence electrons. The van der Waals surface area contributed by atoms with Crippen LogP contribution in [0.5, 0.6) is 0 Å². The Balaban J connectivity index is 1.52. The highest BCUT2D eigenvalue weighted by molar-refractivity contribution is 7.93. The molecule has 2 N–H and O–H groups in total. The van der Waals surface area contributed by atoms with Gasteiger partial charge in [0.25, 0.3) is 20.0 Å². The Labute approximate surface area is 227 Å². The van der Waals surface area contributed by atoms with Crippen molar-refractivity contribution in [2.24, 2.45) is 0 Å². The molecule has 0 aliphatic carbocycles. The van der Waals surface area contributed by atoms with E-state index in [1.165, 1.54) is 48.5 Å². The van der Waals surface area contributed by atoms with Gasteiger partial charge in [0.05, 0.1) is 21.2 Å². The van der Waals surface area contributed by atoms with E-state index >= 15 is 0 Å². The van der Waals surface area contributed by atoms with Crippen LogP contribution in [-0.4, -0.2) is 29.3 Å². The van der Waals surface area contributed by atoms with Crippen molar-refractivity contribution in [3.63, 3.8) is 0 Å². The van der Waals surface area contributed by atoms with Gasteiger partial charge in [-0.05, 0) is 86.1 Å². The predicted octanol–water partition coefficient (Wildman–Crippen LogP) is 5.08. The zero-order valence-corrected chi connectivity index (χ0v) is 22.8. The molecule has 4 aromatic carbocycles. The van der Waals surface area contributed by atoms with Gasteiger partial charge >= 0.3 is 0 Å². The van der Waals surface area contributed by atoms with Gasteiger partial charge in [-0.3, -0.25) is 13.8 Å². The van der Waals surface area contributed by atoms with Gasteiger partial charge in [0.1, 0.15) is 12.4 Å². The molecule has 11 heteroatoms. The van der Waals surface area contributed by atoms with Gasteiger partial charge in [0, 0.05) is 5.69 Å². The first-order valence-corrected chi connectivity index (χ1v) is 14.7. The average molecular weight is 568 g/mol. The van der Waals surface area contributed by atoms with Crippen LogP contribution in [-0.2, 0) is 24.8 Å². The molecule has 0 spiro atoms. The first-order valence-electron chi connectivity index (χ1n) is 11.8. The fourth-order valence-corrected chi connectivity index (χ4v) is 6.40. The van der Waals surface area contributed by atoms with Crippen molar-refractivity contribution in [1.29, 1.82) is 0 Å². The lowest BCUT2D eigenvalue weighted by atomic mass is 10.1. The highest BCUT2D eigenvalue weighted by Crippen LogP contribution is 2.25. The summed E-state index contributed by atoms with van der Waals surface area (Å²) in [5, 5.41) is 2.59. The lowest BCUT2D eigenvalue weighted by Gasteiger charge is -2.24. The van der Waals surface area contributed by atoms with Crippen LogP contribution in [0, 0.1) is 19.7 Å². The third-order valence-electron chi connectivity index (χ3n) is 5.81. The number of hydrogen-bond acceptors (Lipinski definition) is 5. The van der Waals surface area contributed by atoms with Gasteiger partial charge in [0.2, 0.25) is 5.91 Å². The molecule has 39 heavy (non-hydrogen) atoms. The largest absolute Gasteiger partial charge is 0.325 e. The van der Waals surface area contributed by atoms with E-state index in [2.05, 4.69) is 10.0 Å². The maximum absolute atomic E-state index is 13.5. The monoisotopic (exact) mass is 567 g/mol. The SMILES string of the molecule is Cc1ccc(NS(=O)(=O)c2ccc(NC(=O)CN(c3ccc(F)cc3)S(=O)(=O)c3ccccc3)cc2)c(C)c1. The van der Waals surface area contributed by atoms with Crippen LogP contribution in [0.15, 0.2) is 107 Å². The van der Waals surface area contributed by atoms with Crippen LogP contribution < -0.4 is 14.3 Å². The summed E-state index contributed by atoms with van der Waals surface area (Å²) < 4.78 is 69.3. The first-order chi connectivity index (χ1) is 18.5. The Kier molecular flexibility index (Phi) is 8.03. The minimum absolute atomic E-state index is 0.0138. The summed E-state index contributed by atoms with van der Waals surface area (Å²) in [7, 11) is -8.04. The molecular formula is C28H26FN3O5S2. The zero-order valence-electron chi connectivity index (χ0n) is 21.1. The molecular weight excluding hydrogens is 541 g/mol. The fourth-order valence-electron chi connectivity index (χ4n) is 3.82. The van der Waals surface area contributed by atoms with Crippen molar-refractivity contribution < 1.29 is 26.0 Å². The Morgan fingerprint density at radius 1 is 0.795 bits per heavy atom. The molecule has 0 aliphatic heterocycles. The lowest BCUT2D eigenvalue weighted by molar-refractivity contribution is -0.114. The number of rotatable bonds is 9. The van der Waals surface area contributed by atoms with E-state index in [-0.39, 0.29) is 21.2 Å². The topological polar surface area (TPSA) is 113 Å². The Morgan fingerprint density at radius 2 is 1.44 bits per heavy atom. The summed E-state index contributed by atoms with van der Waals surface area (Å²) in [6.45, 7) is 3.11. The summed E-state index contributed by atoms with van der Waals surface area (Å²) in [6, 6.07) is 23.1. The molecule has 0 aliphatic rings. The van der Waals surface area contributed by atoms with Gasteiger partial charge in [-0.2, -0.15) is 0 Å². The van der Waals surface area contributed by atoms with Crippen LogP contribution in [0.4, 0.5) is 21.5 Å². The molecule has 8 nitrogen and oxygen atoms in total. The van der Waals surface area contributed by atoms with Crippen LogP contribution in [0.1, 0.15) is 11.1 Å². The molecule has 0 atom stereocenters. The fraction of sp³-hybridized carbons (Fsp3) is 0.107. The van der Waals surface area contributed by atoms with Crippen LogP contribution in [0.2, 0.25) is 0 Å². The molecule has 0 fully saturated rings. The Morgan fingerprint density at radius 3 is 2.05 bits per heavy atom. The van der Waals surface area contributed by atoms with Crippen LogP contribution in [0.25, 0.3) is 0 Å². The molecule has 0 aromatic heterocycles. The normalized spacial score (nSPS) is 11.6. The van der Waals surface area contributed by atoms with Crippen molar-refractivity contribution >= 4 is 43.0 Å². The summed E-state index contributed by atoms with van der Waals surface area (Å²) in [6.07, 6.45) is 0. The number of carbonyl (C=O) groups is 1. The van der Waals surface area contributed by atoms with E-state index in [1.807, 2.05) is 13.0 Å². The second-order valence-electron chi connectivity index (χ2n) is 8.80. The molecule has 4 rings (SSSR count). The summed E-state index contributed by atoms with van der Waals surface area (Å²) >= 11 is 0. The lowest BCUT2D eigenvalue weighted by Crippen LogP contribution is -2.38. The van der Waals surface area contributed by atoms with Gasteiger partial charge in [-0.25, -0.2) is 21.2 Å². The second kappa shape index (κ2) is 11.3. The Hall–Kier alpha value is -4.22. The molecule has 0 saturated heterocycles. The van der Waals surface area contributed by atoms with E-state index in [0.717, 1.165) is 27.6 Å². The maximum atomic E-state index is 13.5. The number of nitrogens with zero attached hydrogens (tertiary/aromatic N) is 1. The average Bonchev–Trinajstić information content (AvgIpc) is 2.90. The number of benzene rings is 4. The van der Waals surface area contributed by atoms with Crippen molar-refractivity contribution in [3.8, 4) is 0 Å². The minimum Gasteiger partial charge on any atom is -0.325 e. The zero-order chi connectivity index (χ0) is 28.2. The molecule has 0 bridgehead atoms. The third kappa shape index (κ3) is 6.62. The number of nitrogens with one attached hydrogen (secondary N) is 2. The summed E-state index contributed by atoms with van der Waals surface area (Å²) in [5.74, 6) is -1.23. The first kappa shape index (κ1) is 27.8. The number of halogens is 1. The number of hydrogen-bond donors (Lipinski definition) is 2. The quantitative estimate of drug-likeness (QED) is 0.293. The van der Waals surface area contributed by atoms with Crippen molar-refractivity contribution in [2.45, 2.75) is 23.6 Å². The summed E-state index contributed by atoms with van der Waals surface area (Å²) in [5.41, 5.74) is 2.61. The van der Waals surface area contributed by atoms with Gasteiger partial charge in [-0.1, -0.05) is 35.9 Å².